The Hall–Kier alpha value is -1.68. The van der Waals surface area contributed by atoms with Crippen LogP contribution in [0.2, 0.25) is 0 Å². The molecule has 19 heavy (non-hydrogen) atoms. The van der Waals surface area contributed by atoms with E-state index in [4.69, 9.17) is 0 Å². The van der Waals surface area contributed by atoms with Crippen LogP contribution < -0.4 is 0 Å². The lowest BCUT2D eigenvalue weighted by molar-refractivity contribution is 0.112. The molecule has 0 aliphatic carbocycles. The predicted octanol–water partition coefficient (Wildman–Crippen LogP) is 2.26. The van der Waals surface area contributed by atoms with Crippen LogP contribution in [0.4, 0.5) is 0 Å². The number of carbonyl (C=O) groups excluding carboxylic acids is 1. The quantitative estimate of drug-likeness (QED) is 0.774. The fourth-order valence-electron chi connectivity index (χ4n) is 3.00. The third-order valence-corrected chi connectivity index (χ3v) is 4.12. The maximum Gasteiger partial charge on any atom is 0.170 e. The molecule has 2 aromatic rings. The van der Waals surface area contributed by atoms with Gasteiger partial charge in [-0.15, -0.1) is 0 Å². The largest absolute Gasteiger partial charge is 0.306 e. The number of fused-ring (bicyclic) bond motifs is 1. The standard InChI is InChI=1S/C15H19N3O/c1-11-4-3-7-18-14(11)13(10-19)16-15(18)12-5-8-17(2)9-6-12/h3-4,7,10,12H,5-6,8-9H2,1-2H3. The number of aromatic nitrogens is 2. The van der Waals surface area contributed by atoms with Gasteiger partial charge in [-0.25, -0.2) is 4.98 Å². The number of pyridine rings is 1. The van der Waals surface area contributed by atoms with Crippen LogP contribution in [0.25, 0.3) is 5.52 Å². The second-order valence-electron chi connectivity index (χ2n) is 5.46. The van der Waals surface area contributed by atoms with Gasteiger partial charge in [-0.2, -0.15) is 0 Å². The number of aldehydes is 1. The fourth-order valence-corrected chi connectivity index (χ4v) is 3.00. The van der Waals surface area contributed by atoms with Gasteiger partial charge < -0.3 is 9.30 Å². The van der Waals surface area contributed by atoms with E-state index < -0.39 is 0 Å². The van der Waals surface area contributed by atoms with Crippen molar-refractivity contribution >= 4 is 11.8 Å². The molecule has 0 bridgehead atoms. The molecule has 1 aliphatic rings. The van der Waals surface area contributed by atoms with E-state index in [1.165, 1.54) is 0 Å². The Labute approximate surface area is 113 Å². The molecular weight excluding hydrogens is 238 g/mol. The average molecular weight is 257 g/mol. The Kier molecular flexibility index (Phi) is 3.11. The Morgan fingerprint density at radius 1 is 1.37 bits per heavy atom. The molecule has 4 nitrogen and oxygen atoms in total. The number of likely N-dealkylation sites (tertiary alicyclic amines) is 1. The molecule has 0 N–H and O–H groups in total. The molecule has 100 valence electrons. The third-order valence-electron chi connectivity index (χ3n) is 4.12. The van der Waals surface area contributed by atoms with Crippen molar-refractivity contribution in [2.24, 2.45) is 0 Å². The highest BCUT2D eigenvalue weighted by molar-refractivity contribution is 5.85. The van der Waals surface area contributed by atoms with Crippen molar-refractivity contribution < 1.29 is 4.79 Å². The smallest absolute Gasteiger partial charge is 0.170 e. The number of nitrogens with zero attached hydrogens (tertiary/aromatic N) is 3. The molecule has 1 fully saturated rings. The monoisotopic (exact) mass is 257 g/mol. The van der Waals surface area contributed by atoms with E-state index >= 15 is 0 Å². The van der Waals surface area contributed by atoms with Crippen LogP contribution in [0.5, 0.6) is 0 Å². The minimum absolute atomic E-state index is 0.458. The molecule has 0 amide bonds. The van der Waals surface area contributed by atoms with Crippen LogP contribution in [0.3, 0.4) is 0 Å². The summed E-state index contributed by atoms with van der Waals surface area (Å²) in [7, 11) is 2.15. The molecule has 1 saturated heterocycles. The van der Waals surface area contributed by atoms with Gasteiger partial charge in [0.05, 0.1) is 5.52 Å². The van der Waals surface area contributed by atoms with Crippen molar-refractivity contribution in [3.8, 4) is 0 Å². The van der Waals surface area contributed by atoms with Crippen LogP contribution >= 0.6 is 0 Å². The second kappa shape index (κ2) is 4.78. The van der Waals surface area contributed by atoms with E-state index in [2.05, 4.69) is 21.3 Å². The van der Waals surface area contributed by atoms with Gasteiger partial charge in [-0.05, 0) is 51.5 Å². The maximum absolute atomic E-state index is 11.2. The van der Waals surface area contributed by atoms with E-state index in [1.807, 2.05) is 25.3 Å². The zero-order chi connectivity index (χ0) is 13.4. The Balaban J connectivity index is 2.09. The van der Waals surface area contributed by atoms with E-state index in [1.54, 1.807) is 0 Å². The third kappa shape index (κ3) is 2.06. The van der Waals surface area contributed by atoms with Gasteiger partial charge in [0.25, 0.3) is 0 Å². The highest BCUT2D eigenvalue weighted by atomic mass is 16.1. The lowest BCUT2D eigenvalue weighted by Crippen LogP contribution is -2.29. The van der Waals surface area contributed by atoms with E-state index in [-0.39, 0.29) is 0 Å². The number of carbonyl (C=O) groups is 1. The van der Waals surface area contributed by atoms with Crippen LogP contribution in [0.15, 0.2) is 18.3 Å². The maximum atomic E-state index is 11.2. The summed E-state index contributed by atoms with van der Waals surface area (Å²) in [5.41, 5.74) is 2.65. The van der Waals surface area contributed by atoms with Crippen molar-refractivity contribution in [1.29, 1.82) is 0 Å². The molecule has 4 heteroatoms. The predicted molar refractivity (Wildman–Crippen MR) is 74.8 cm³/mol. The topological polar surface area (TPSA) is 37.6 Å². The van der Waals surface area contributed by atoms with Gasteiger partial charge in [0.1, 0.15) is 11.5 Å². The number of hydrogen-bond donors (Lipinski definition) is 0. The molecule has 2 aromatic heterocycles. The van der Waals surface area contributed by atoms with Gasteiger partial charge in [-0.1, -0.05) is 6.07 Å². The van der Waals surface area contributed by atoms with Gasteiger partial charge >= 0.3 is 0 Å². The summed E-state index contributed by atoms with van der Waals surface area (Å²) in [6.07, 6.45) is 5.13. The first-order valence-corrected chi connectivity index (χ1v) is 6.82. The first-order valence-electron chi connectivity index (χ1n) is 6.82. The van der Waals surface area contributed by atoms with Gasteiger partial charge in [0, 0.05) is 12.1 Å². The molecule has 0 unspecified atom stereocenters. The molecule has 1 aliphatic heterocycles. The van der Waals surface area contributed by atoms with E-state index in [0.717, 1.165) is 49.1 Å². The molecule has 0 radical (unpaired) electrons. The average Bonchev–Trinajstić information content (AvgIpc) is 2.80. The van der Waals surface area contributed by atoms with Crippen molar-refractivity contribution in [2.45, 2.75) is 25.7 Å². The Morgan fingerprint density at radius 2 is 2.11 bits per heavy atom. The van der Waals surface area contributed by atoms with Crippen molar-refractivity contribution in [1.82, 2.24) is 14.3 Å². The highest BCUT2D eigenvalue weighted by Gasteiger charge is 2.24. The SMILES string of the molecule is Cc1cccn2c(C3CCN(C)CC3)nc(C=O)c12. The fraction of sp³-hybridized carbons (Fsp3) is 0.467. The van der Waals surface area contributed by atoms with Crippen molar-refractivity contribution in [3.05, 3.63) is 35.4 Å². The molecule has 0 aromatic carbocycles. The number of aryl methyl sites for hydroxylation is 1. The first kappa shape index (κ1) is 12.4. The van der Waals surface area contributed by atoms with Crippen LogP contribution in [-0.4, -0.2) is 40.7 Å². The normalized spacial score (nSPS) is 18.0. The van der Waals surface area contributed by atoms with Crippen molar-refractivity contribution in [3.63, 3.8) is 0 Å². The zero-order valence-electron chi connectivity index (χ0n) is 11.5. The van der Waals surface area contributed by atoms with Gasteiger partial charge in [-0.3, -0.25) is 4.79 Å². The summed E-state index contributed by atoms with van der Waals surface area (Å²) in [6.45, 7) is 4.23. The van der Waals surface area contributed by atoms with E-state index in [9.17, 15) is 4.79 Å². The van der Waals surface area contributed by atoms with Crippen LogP contribution in [-0.2, 0) is 0 Å². The van der Waals surface area contributed by atoms with Gasteiger partial charge in [0.15, 0.2) is 6.29 Å². The molecule has 3 heterocycles. The van der Waals surface area contributed by atoms with Crippen molar-refractivity contribution in [2.75, 3.05) is 20.1 Å². The summed E-state index contributed by atoms with van der Waals surface area (Å²) < 4.78 is 2.11. The highest BCUT2D eigenvalue weighted by Crippen LogP contribution is 2.29. The summed E-state index contributed by atoms with van der Waals surface area (Å²) in [5, 5.41) is 0. The summed E-state index contributed by atoms with van der Waals surface area (Å²) in [4.78, 5) is 18.2. The number of imidazole rings is 1. The van der Waals surface area contributed by atoms with Crippen LogP contribution in [0.1, 0.15) is 40.6 Å². The summed E-state index contributed by atoms with van der Waals surface area (Å²) in [6, 6.07) is 4.06. The Morgan fingerprint density at radius 3 is 2.79 bits per heavy atom. The first-order chi connectivity index (χ1) is 9.20. The summed E-state index contributed by atoms with van der Waals surface area (Å²) in [5.74, 6) is 1.51. The second-order valence-corrected chi connectivity index (χ2v) is 5.46. The summed E-state index contributed by atoms with van der Waals surface area (Å²) >= 11 is 0. The molecule has 0 atom stereocenters. The molecule has 0 spiro atoms. The van der Waals surface area contributed by atoms with Gasteiger partial charge in [0.2, 0.25) is 0 Å². The molecular formula is C15H19N3O. The lowest BCUT2D eigenvalue weighted by Gasteiger charge is -2.28. The Bertz CT molecular complexity index is 609. The minimum atomic E-state index is 0.458. The lowest BCUT2D eigenvalue weighted by atomic mass is 9.96. The number of rotatable bonds is 2. The number of piperidine rings is 1. The zero-order valence-corrected chi connectivity index (χ0v) is 11.5. The number of hydrogen-bond acceptors (Lipinski definition) is 3. The molecule has 0 saturated carbocycles. The van der Waals surface area contributed by atoms with E-state index in [0.29, 0.717) is 11.6 Å². The molecule has 3 rings (SSSR count). The van der Waals surface area contributed by atoms with Crippen LogP contribution in [0, 0.1) is 6.92 Å². The minimum Gasteiger partial charge on any atom is -0.306 e.